The Morgan fingerprint density at radius 3 is 2.67 bits per heavy atom. The van der Waals surface area contributed by atoms with E-state index < -0.39 is 17.5 Å². The minimum Gasteiger partial charge on any atom is -0.481 e. The number of carboxylic acid groups (broad SMARTS) is 1. The molecule has 4 nitrogen and oxygen atoms in total. The summed E-state index contributed by atoms with van der Waals surface area (Å²) in [5, 5.41) is 28.7. The second kappa shape index (κ2) is 7.01. The third kappa shape index (κ3) is 3.18. The molecule has 2 aliphatic carbocycles. The summed E-state index contributed by atoms with van der Waals surface area (Å²) < 4.78 is 0. The standard InChI is InChI=1S/C20H32O4/c1-13-7-9-17-19(3,10-5-11-20(17,4)18(23)24)15(13)8-6-14(2)16(22)12-21/h6,15-17,21-22H,1,5,7-12H2,2-4H3,(H,23,24)/b14-6+/t15-,16-,17?,19+,20-/m0/s1. The molecule has 2 fully saturated rings. The molecule has 3 N–H and O–H groups in total. The lowest BCUT2D eigenvalue weighted by molar-refractivity contribution is -0.164. The highest BCUT2D eigenvalue weighted by molar-refractivity contribution is 5.75. The highest BCUT2D eigenvalue weighted by Crippen LogP contribution is 2.61. The van der Waals surface area contributed by atoms with Crippen LogP contribution in [0, 0.1) is 22.7 Å². The normalized spacial score (nSPS) is 38.5. The fourth-order valence-corrected chi connectivity index (χ4v) is 5.22. The third-order valence-corrected chi connectivity index (χ3v) is 6.88. The second-order valence-corrected chi connectivity index (χ2v) is 8.27. The van der Waals surface area contributed by atoms with Crippen LogP contribution in [0.3, 0.4) is 0 Å². The van der Waals surface area contributed by atoms with Gasteiger partial charge in [-0.2, -0.15) is 0 Å². The van der Waals surface area contributed by atoms with Crippen molar-refractivity contribution in [2.24, 2.45) is 22.7 Å². The Morgan fingerprint density at radius 1 is 1.42 bits per heavy atom. The Hall–Kier alpha value is -1.13. The van der Waals surface area contributed by atoms with E-state index in [4.69, 9.17) is 5.11 Å². The number of aliphatic hydroxyl groups is 2. The summed E-state index contributed by atoms with van der Waals surface area (Å²) in [4.78, 5) is 12.0. The maximum Gasteiger partial charge on any atom is 0.309 e. The number of carboxylic acids is 1. The SMILES string of the molecule is C=C1CCC2[C@](C)(CCC[C@]2(C)C(=O)O)[C@H]1C/C=C(\C)[C@@H](O)CO. The van der Waals surface area contributed by atoms with Gasteiger partial charge in [0.15, 0.2) is 0 Å². The topological polar surface area (TPSA) is 77.8 Å². The molecule has 1 unspecified atom stereocenters. The van der Waals surface area contributed by atoms with E-state index in [1.54, 1.807) is 0 Å². The van der Waals surface area contributed by atoms with Gasteiger partial charge in [0.05, 0.1) is 18.1 Å². The molecule has 5 atom stereocenters. The fraction of sp³-hybridized carbons (Fsp3) is 0.750. The molecule has 0 aromatic heterocycles. The van der Waals surface area contributed by atoms with Gasteiger partial charge in [0, 0.05) is 0 Å². The van der Waals surface area contributed by atoms with Crippen molar-refractivity contribution in [3.8, 4) is 0 Å². The van der Waals surface area contributed by atoms with Gasteiger partial charge in [-0.25, -0.2) is 0 Å². The van der Waals surface area contributed by atoms with Crippen molar-refractivity contribution >= 4 is 5.97 Å². The number of aliphatic carboxylic acids is 1. The largest absolute Gasteiger partial charge is 0.481 e. The first-order chi connectivity index (χ1) is 11.2. The first kappa shape index (κ1) is 19.2. The minimum absolute atomic E-state index is 0.0678. The molecule has 0 saturated heterocycles. The second-order valence-electron chi connectivity index (χ2n) is 8.27. The van der Waals surface area contributed by atoms with Gasteiger partial charge in [-0.1, -0.05) is 31.6 Å². The van der Waals surface area contributed by atoms with Crippen LogP contribution in [0.5, 0.6) is 0 Å². The molecule has 0 heterocycles. The number of fused-ring (bicyclic) bond motifs is 1. The van der Waals surface area contributed by atoms with E-state index in [-0.39, 0.29) is 23.9 Å². The van der Waals surface area contributed by atoms with Gasteiger partial charge >= 0.3 is 5.97 Å². The Balaban J connectivity index is 2.30. The van der Waals surface area contributed by atoms with Gasteiger partial charge in [-0.15, -0.1) is 0 Å². The molecular weight excluding hydrogens is 304 g/mol. The highest BCUT2D eigenvalue weighted by Gasteiger charge is 2.57. The zero-order valence-electron chi connectivity index (χ0n) is 15.2. The Labute approximate surface area is 145 Å². The number of allylic oxidation sites excluding steroid dienone is 2. The summed E-state index contributed by atoms with van der Waals surface area (Å²) in [5.41, 5.74) is 1.25. The van der Waals surface area contributed by atoms with Crippen molar-refractivity contribution in [2.75, 3.05) is 6.61 Å². The van der Waals surface area contributed by atoms with Gasteiger partial charge in [-0.3, -0.25) is 4.79 Å². The van der Waals surface area contributed by atoms with Crippen LogP contribution in [0.2, 0.25) is 0 Å². The van der Waals surface area contributed by atoms with E-state index in [9.17, 15) is 15.0 Å². The van der Waals surface area contributed by atoms with E-state index in [2.05, 4.69) is 13.5 Å². The van der Waals surface area contributed by atoms with Gasteiger partial charge in [0.25, 0.3) is 0 Å². The molecular formula is C20H32O4. The smallest absolute Gasteiger partial charge is 0.309 e. The van der Waals surface area contributed by atoms with Crippen LogP contribution >= 0.6 is 0 Å². The number of hydrogen-bond acceptors (Lipinski definition) is 3. The predicted octanol–water partition coefficient (Wildman–Crippen LogP) is 3.54. The Kier molecular flexibility index (Phi) is 5.61. The fourth-order valence-electron chi connectivity index (χ4n) is 5.22. The average Bonchev–Trinajstić information content (AvgIpc) is 2.52. The Bertz CT molecular complexity index is 538. The number of carbonyl (C=O) groups is 1. The first-order valence-electron chi connectivity index (χ1n) is 9.03. The zero-order valence-corrected chi connectivity index (χ0v) is 15.2. The van der Waals surface area contributed by atoms with Crippen molar-refractivity contribution < 1.29 is 20.1 Å². The van der Waals surface area contributed by atoms with Crippen molar-refractivity contribution in [3.05, 3.63) is 23.8 Å². The summed E-state index contributed by atoms with van der Waals surface area (Å²) in [6.07, 6.45) is 6.42. The van der Waals surface area contributed by atoms with E-state index >= 15 is 0 Å². The van der Waals surface area contributed by atoms with Crippen LogP contribution in [-0.4, -0.2) is 34.0 Å². The molecule has 2 aliphatic rings. The lowest BCUT2D eigenvalue weighted by Crippen LogP contribution is -2.53. The summed E-state index contributed by atoms with van der Waals surface area (Å²) >= 11 is 0. The quantitative estimate of drug-likeness (QED) is 0.671. The molecule has 0 bridgehead atoms. The van der Waals surface area contributed by atoms with Crippen molar-refractivity contribution in [1.29, 1.82) is 0 Å². The highest BCUT2D eigenvalue weighted by atomic mass is 16.4. The Morgan fingerprint density at radius 2 is 2.08 bits per heavy atom. The summed E-state index contributed by atoms with van der Waals surface area (Å²) in [5.74, 6) is -0.286. The number of rotatable bonds is 5. The molecule has 0 spiro atoms. The maximum absolute atomic E-state index is 12.0. The third-order valence-electron chi connectivity index (χ3n) is 6.88. The van der Waals surface area contributed by atoms with E-state index in [0.717, 1.165) is 44.1 Å². The molecule has 0 radical (unpaired) electrons. The van der Waals surface area contributed by atoms with Crippen molar-refractivity contribution in [3.63, 3.8) is 0 Å². The molecule has 24 heavy (non-hydrogen) atoms. The lowest BCUT2D eigenvalue weighted by Gasteiger charge is -2.57. The van der Waals surface area contributed by atoms with Gasteiger partial charge in [0.2, 0.25) is 0 Å². The van der Waals surface area contributed by atoms with E-state index in [1.807, 2.05) is 19.9 Å². The van der Waals surface area contributed by atoms with Crippen molar-refractivity contribution in [1.82, 2.24) is 0 Å². The van der Waals surface area contributed by atoms with Gasteiger partial charge in [0.1, 0.15) is 0 Å². The van der Waals surface area contributed by atoms with Crippen LogP contribution in [-0.2, 0) is 4.79 Å². The molecule has 136 valence electrons. The zero-order chi connectivity index (χ0) is 18.1. The van der Waals surface area contributed by atoms with Crippen LogP contribution < -0.4 is 0 Å². The monoisotopic (exact) mass is 336 g/mol. The number of aliphatic hydroxyl groups excluding tert-OH is 2. The average molecular weight is 336 g/mol. The molecule has 0 aromatic carbocycles. The van der Waals surface area contributed by atoms with Crippen LogP contribution in [0.1, 0.15) is 59.3 Å². The predicted molar refractivity (Wildman–Crippen MR) is 94.5 cm³/mol. The maximum atomic E-state index is 12.0. The molecule has 0 aromatic rings. The van der Waals surface area contributed by atoms with Crippen LogP contribution in [0.15, 0.2) is 23.8 Å². The summed E-state index contributed by atoms with van der Waals surface area (Å²) in [7, 11) is 0. The summed E-state index contributed by atoms with van der Waals surface area (Å²) in [6.45, 7) is 9.98. The van der Waals surface area contributed by atoms with Crippen LogP contribution in [0.25, 0.3) is 0 Å². The van der Waals surface area contributed by atoms with Crippen LogP contribution in [0.4, 0.5) is 0 Å². The first-order valence-corrected chi connectivity index (χ1v) is 9.03. The van der Waals surface area contributed by atoms with E-state index in [0.29, 0.717) is 0 Å². The summed E-state index contributed by atoms with van der Waals surface area (Å²) in [6, 6.07) is 0. The lowest BCUT2D eigenvalue weighted by atomic mass is 9.46. The van der Waals surface area contributed by atoms with Gasteiger partial charge in [-0.05, 0) is 68.8 Å². The molecule has 2 saturated carbocycles. The molecule has 2 rings (SSSR count). The number of hydrogen-bond donors (Lipinski definition) is 3. The molecule has 0 aliphatic heterocycles. The van der Waals surface area contributed by atoms with E-state index in [1.165, 1.54) is 5.57 Å². The molecule has 0 amide bonds. The molecule has 4 heteroatoms. The van der Waals surface area contributed by atoms with Gasteiger partial charge < -0.3 is 15.3 Å². The minimum atomic E-state index is -0.818. The van der Waals surface area contributed by atoms with Crippen molar-refractivity contribution in [2.45, 2.75) is 65.4 Å².